The van der Waals surface area contributed by atoms with E-state index >= 15 is 0 Å². The Morgan fingerprint density at radius 1 is 1.43 bits per heavy atom. The lowest BCUT2D eigenvalue weighted by Gasteiger charge is -2.37. The van der Waals surface area contributed by atoms with Crippen LogP contribution in [-0.2, 0) is 5.54 Å². The summed E-state index contributed by atoms with van der Waals surface area (Å²) in [5.41, 5.74) is 7.60. The molecule has 2 N–H and O–H groups in total. The maximum Gasteiger partial charge on any atom is 0.0413 e. The molecule has 1 fully saturated rings. The highest BCUT2D eigenvalue weighted by molar-refractivity contribution is 5.21. The Bertz CT molecular complexity index is 296. The van der Waals surface area contributed by atoms with Gasteiger partial charge in [-0.25, -0.2) is 0 Å². The topological polar surface area (TPSA) is 38.9 Å². The minimum atomic E-state index is -0.0966. The van der Waals surface area contributed by atoms with E-state index in [0.717, 1.165) is 18.8 Å². The molecule has 14 heavy (non-hydrogen) atoms. The fourth-order valence-electron chi connectivity index (χ4n) is 2.54. The van der Waals surface area contributed by atoms with Crippen molar-refractivity contribution >= 4 is 0 Å². The van der Waals surface area contributed by atoms with Gasteiger partial charge in [0.2, 0.25) is 0 Å². The summed E-state index contributed by atoms with van der Waals surface area (Å²) in [5, 5.41) is 0. The first-order chi connectivity index (χ1) is 6.71. The van der Waals surface area contributed by atoms with Gasteiger partial charge in [-0.05, 0) is 36.5 Å². The molecule has 0 spiro atoms. The highest BCUT2D eigenvalue weighted by atomic mass is 14.8. The molecule has 1 aromatic heterocycles. The predicted octanol–water partition coefficient (Wildman–Crippen LogP) is 2.45. The molecule has 1 aliphatic rings. The van der Waals surface area contributed by atoms with Gasteiger partial charge in [-0.3, -0.25) is 4.98 Å². The Balaban J connectivity index is 2.23. The first kappa shape index (κ1) is 9.66. The summed E-state index contributed by atoms with van der Waals surface area (Å²) in [6, 6.07) is 4.11. The molecule has 0 aromatic carbocycles. The van der Waals surface area contributed by atoms with Crippen LogP contribution >= 0.6 is 0 Å². The van der Waals surface area contributed by atoms with E-state index in [4.69, 9.17) is 5.73 Å². The summed E-state index contributed by atoms with van der Waals surface area (Å²) < 4.78 is 0. The number of rotatable bonds is 1. The van der Waals surface area contributed by atoms with E-state index in [1.807, 2.05) is 12.4 Å². The summed E-state index contributed by atoms with van der Waals surface area (Å²) in [6.07, 6.45) is 8.47. The van der Waals surface area contributed by atoms with Crippen molar-refractivity contribution in [3.8, 4) is 0 Å². The number of pyridine rings is 1. The van der Waals surface area contributed by atoms with E-state index in [1.54, 1.807) is 0 Å². The molecule has 2 nitrogen and oxygen atoms in total. The van der Waals surface area contributed by atoms with Crippen LogP contribution in [0.25, 0.3) is 0 Å². The maximum absolute atomic E-state index is 6.44. The fraction of sp³-hybridized carbons (Fsp3) is 0.583. The lowest BCUT2D eigenvalue weighted by molar-refractivity contribution is 0.239. The largest absolute Gasteiger partial charge is 0.321 e. The van der Waals surface area contributed by atoms with Gasteiger partial charge >= 0.3 is 0 Å². The Hall–Kier alpha value is -0.890. The molecule has 76 valence electrons. The maximum atomic E-state index is 6.44. The van der Waals surface area contributed by atoms with E-state index in [-0.39, 0.29) is 5.54 Å². The molecule has 2 unspecified atom stereocenters. The molecule has 0 saturated heterocycles. The molecule has 1 saturated carbocycles. The number of nitrogens with two attached hydrogens (primary N) is 1. The number of nitrogens with zero attached hydrogens (tertiary/aromatic N) is 1. The van der Waals surface area contributed by atoms with Crippen LogP contribution in [0.3, 0.4) is 0 Å². The van der Waals surface area contributed by atoms with Crippen LogP contribution in [0.5, 0.6) is 0 Å². The number of hydrogen-bond acceptors (Lipinski definition) is 2. The summed E-state index contributed by atoms with van der Waals surface area (Å²) >= 11 is 0. The standard InChI is InChI=1S/C12H18N2/c1-10-3-2-6-12(13,9-10)11-4-7-14-8-5-11/h4-5,7-8,10H,2-3,6,9,13H2,1H3. The van der Waals surface area contributed by atoms with Crippen LogP contribution in [0.2, 0.25) is 0 Å². The summed E-state index contributed by atoms with van der Waals surface area (Å²) in [7, 11) is 0. The SMILES string of the molecule is CC1CCCC(N)(c2ccncc2)C1. The molecule has 0 radical (unpaired) electrons. The molecule has 1 aromatic rings. The van der Waals surface area contributed by atoms with Gasteiger partial charge in [0.1, 0.15) is 0 Å². The minimum Gasteiger partial charge on any atom is -0.321 e. The molecule has 2 atom stereocenters. The molecular weight excluding hydrogens is 172 g/mol. The molecule has 0 aliphatic heterocycles. The van der Waals surface area contributed by atoms with E-state index in [2.05, 4.69) is 24.0 Å². The van der Waals surface area contributed by atoms with Crippen molar-refractivity contribution in [2.75, 3.05) is 0 Å². The lowest BCUT2D eigenvalue weighted by atomic mass is 9.73. The van der Waals surface area contributed by atoms with Crippen molar-refractivity contribution in [3.05, 3.63) is 30.1 Å². The normalized spacial score (nSPS) is 32.9. The third-order valence-electron chi connectivity index (χ3n) is 3.29. The lowest BCUT2D eigenvalue weighted by Crippen LogP contribution is -2.40. The molecule has 0 amide bonds. The van der Waals surface area contributed by atoms with Crippen molar-refractivity contribution in [1.82, 2.24) is 4.98 Å². The zero-order valence-corrected chi connectivity index (χ0v) is 8.74. The predicted molar refractivity (Wildman–Crippen MR) is 57.7 cm³/mol. The third-order valence-corrected chi connectivity index (χ3v) is 3.29. The van der Waals surface area contributed by atoms with Crippen molar-refractivity contribution in [3.63, 3.8) is 0 Å². The molecular formula is C12H18N2. The van der Waals surface area contributed by atoms with E-state index < -0.39 is 0 Å². The van der Waals surface area contributed by atoms with Gasteiger partial charge in [-0.15, -0.1) is 0 Å². The Labute approximate surface area is 85.5 Å². The molecule has 2 rings (SSSR count). The highest BCUT2D eigenvalue weighted by Crippen LogP contribution is 2.37. The van der Waals surface area contributed by atoms with Gasteiger partial charge in [-0.1, -0.05) is 19.8 Å². The van der Waals surface area contributed by atoms with E-state index in [1.165, 1.54) is 18.4 Å². The van der Waals surface area contributed by atoms with Crippen molar-refractivity contribution in [1.29, 1.82) is 0 Å². The van der Waals surface area contributed by atoms with Crippen LogP contribution < -0.4 is 5.73 Å². The first-order valence-corrected chi connectivity index (χ1v) is 5.40. The van der Waals surface area contributed by atoms with Crippen molar-refractivity contribution in [2.45, 2.75) is 38.1 Å². The second-order valence-electron chi connectivity index (χ2n) is 4.59. The van der Waals surface area contributed by atoms with Crippen LogP contribution in [-0.4, -0.2) is 4.98 Å². The summed E-state index contributed by atoms with van der Waals surface area (Å²) in [4.78, 5) is 4.03. The molecule has 0 bridgehead atoms. The molecule has 1 heterocycles. The molecule has 1 aliphatic carbocycles. The average Bonchev–Trinajstić information content (AvgIpc) is 2.19. The quantitative estimate of drug-likeness (QED) is 0.738. The summed E-state index contributed by atoms with van der Waals surface area (Å²) in [5.74, 6) is 0.752. The second-order valence-corrected chi connectivity index (χ2v) is 4.59. The van der Waals surface area contributed by atoms with Gasteiger partial charge in [0.25, 0.3) is 0 Å². The fourth-order valence-corrected chi connectivity index (χ4v) is 2.54. The van der Waals surface area contributed by atoms with E-state index in [0.29, 0.717) is 0 Å². The monoisotopic (exact) mass is 190 g/mol. The third kappa shape index (κ3) is 1.80. The van der Waals surface area contributed by atoms with Crippen LogP contribution in [0.1, 0.15) is 38.2 Å². The molecule has 2 heteroatoms. The van der Waals surface area contributed by atoms with Crippen molar-refractivity contribution < 1.29 is 0 Å². The number of hydrogen-bond donors (Lipinski definition) is 1. The highest BCUT2D eigenvalue weighted by Gasteiger charge is 2.32. The Morgan fingerprint density at radius 3 is 2.79 bits per heavy atom. The van der Waals surface area contributed by atoms with Crippen LogP contribution in [0.4, 0.5) is 0 Å². The smallest absolute Gasteiger partial charge is 0.0413 e. The van der Waals surface area contributed by atoms with Gasteiger partial charge in [0.05, 0.1) is 0 Å². The van der Waals surface area contributed by atoms with Gasteiger partial charge < -0.3 is 5.73 Å². The van der Waals surface area contributed by atoms with Crippen molar-refractivity contribution in [2.24, 2.45) is 11.7 Å². The second kappa shape index (κ2) is 3.70. The van der Waals surface area contributed by atoms with Crippen LogP contribution in [0, 0.1) is 5.92 Å². The summed E-state index contributed by atoms with van der Waals surface area (Å²) in [6.45, 7) is 2.29. The Morgan fingerprint density at radius 2 is 2.14 bits per heavy atom. The zero-order valence-electron chi connectivity index (χ0n) is 8.74. The minimum absolute atomic E-state index is 0.0966. The van der Waals surface area contributed by atoms with Gasteiger partial charge in [0.15, 0.2) is 0 Å². The van der Waals surface area contributed by atoms with Gasteiger partial charge in [-0.2, -0.15) is 0 Å². The first-order valence-electron chi connectivity index (χ1n) is 5.40. The number of aromatic nitrogens is 1. The van der Waals surface area contributed by atoms with Gasteiger partial charge in [0, 0.05) is 17.9 Å². The Kier molecular flexibility index (Phi) is 2.55. The van der Waals surface area contributed by atoms with E-state index in [9.17, 15) is 0 Å². The average molecular weight is 190 g/mol. The zero-order chi connectivity index (χ0) is 10.0. The van der Waals surface area contributed by atoms with Crippen LogP contribution in [0.15, 0.2) is 24.5 Å².